The summed E-state index contributed by atoms with van der Waals surface area (Å²) in [6, 6.07) is 2.84. The number of hydrogen-bond donors (Lipinski definition) is 3. The maximum Gasteiger partial charge on any atom is 0.311 e. The smallest absolute Gasteiger partial charge is 0.311 e. The molecular weight excluding hydrogens is 276 g/mol. The zero-order chi connectivity index (χ0) is 15.4. The quantitative estimate of drug-likeness (QED) is 0.404. The number of piperidine rings is 1. The molecule has 0 atom stereocenters. The number of nitrogens with one attached hydrogen (secondary N) is 1. The second kappa shape index (κ2) is 6.35. The molecule has 9 nitrogen and oxygen atoms in total. The first-order valence-electron chi connectivity index (χ1n) is 6.66. The van der Waals surface area contributed by atoms with Gasteiger partial charge in [0.1, 0.15) is 5.82 Å². The van der Waals surface area contributed by atoms with Gasteiger partial charge in [-0.05, 0) is 24.8 Å². The summed E-state index contributed by atoms with van der Waals surface area (Å²) in [5.74, 6) is 5.89. The number of amides is 1. The number of nitrogen functional groups attached to an aromatic ring is 1. The molecule has 1 saturated heterocycles. The van der Waals surface area contributed by atoms with E-state index < -0.39 is 4.92 Å². The lowest BCUT2D eigenvalue weighted by atomic mass is 9.93. The number of nitrogens with zero attached hydrogens (tertiary/aromatic N) is 3. The summed E-state index contributed by atoms with van der Waals surface area (Å²) in [6.07, 6.45) is 1.86. The Hall–Kier alpha value is -2.42. The number of carbonyl (C=O) groups is 1. The number of carbonyl (C=O) groups excluding carboxylic acids is 1. The molecule has 0 spiro atoms. The third-order valence-electron chi connectivity index (χ3n) is 3.60. The van der Waals surface area contributed by atoms with E-state index in [0.29, 0.717) is 31.1 Å². The SMILES string of the molecule is NNc1ccc([N+](=O)[O-])c(N2CCC(CC(N)=O)CC2)n1. The van der Waals surface area contributed by atoms with Crippen LogP contribution in [0.3, 0.4) is 0 Å². The van der Waals surface area contributed by atoms with Crippen LogP contribution in [0.1, 0.15) is 19.3 Å². The van der Waals surface area contributed by atoms with Crippen LogP contribution < -0.4 is 21.9 Å². The van der Waals surface area contributed by atoms with E-state index >= 15 is 0 Å². The zero-order valence-corrected chi connectivity index (χ0v) is 11.5. The van der Waals surface area contributed by atoms with Gasteiger partial charge in [0.2, 0.25) is 11.7 Å². The largest absolute Gasteiger partial charge is 0.370 e. The summed E-state index contributed by atoms with van der Waals surface area (Å²) in [5.41, 5.74) is 7.53. The van der Waals surface area contributed by atoms with Crippen LogP contribution in [-0.4, -0.2) is 28.9 Å². The fourth-order valence-electron chi connectivity index (χ4n) is 2.53. The van der Waals surface area contributed by atoms with Crippen LogP contribution in [0.4, 0.5) is 17.3 Å². The predicted molar refractivity (Wildman–Crippen MR) is 77.4 cm³/mol. The molecular formula is C12H18N6O3. The van der Waals surface area contributed by atoms with E-state index in [4.69, 9.17) is 11.6 Å². The molecule has 1 amide bonds. The molecule has 2 heterocycles. The van der Waals surface area contributed by atoms with E-state index in [9.17, 15) is 14.9 Å². The maximum atomic E-state index is 11.1. The first-order chi connectivity index (χ1) is 10.0. The standard InChI is InChI=1S/C12H18N6O3/c13-10(19)7-8-3-5-17(6-4-8)12-9(18(20)21)1-2-11(15-12)16-14/h1-2,8H,3-7,14H2,(H2,13,19)(H,15,16). The number of nitrogens with two attached hydrogens (primary N) is 2. The molecule has 114 valence electrons. The molecule has 0 aromatic carbocycles. The highest BCUT2D eigenvalue weighted by Gasteiger charge is 2.27. The van der Waals surface area contributed by atoms with Crippen molar-refractivity contribution in [1.82, 2.24) is 4.98 Å². The second-order valence-corrected chi connectivity index (χ2v) is 5.04. The minimum absolute atomic E-state index is 0.0534. The van der Waals surface area contributed by atoms with Gasteiger partial charge in [0.05, 0.1) is 4.92 Å². The van der Waals surface area contributed by atoms with Crippen LogP contribution in [0, 0.1) is 16.0 Å². The Morgan fingerprint density at radius 2 is 2.14 bits per heavy atom. The van der Waals surface area contributed by atoms with Gasteiger partial charge in [0, 0.05) is 25.6 Å². The van der Waals surface area contributed by atoms with Crippen LogP contribution >= 0.6 is 0 Å². The van der Waals surface area contributed by atoms with Crippen molar-refractivity contribution >= 4 is 23.2 Å². The van der Waals surface area contributed by atoms with Crippen molar-refractivity contribution in [2.45, 2.75) is 19.3 Å². The summed E-state index contributed by atoms with van der Waals surface area (Å²) < 4.78 is 0. The molecule has 1 aromatic rings. The van der Waals surface area contributed by atoms with Gasteiger partial charge >= 0.3 is 5.69 Å². The minimum atomic E-state index is -0.460. The molecule has 0 aliphatic carbocycles. The molecule has 1 aliphatic rings. The summed E-state index contributed by atoms with van der Waals surface area (Å²) >= 11 is 0. The normalized spacial score (nSPS) is 15.8. The maximum absolute atomic E-state index is 11.1. The number of rotatable bonds is 5. The molecule has 9 heteroatoms. The van der Waals surface area contributed by atoms with Crippen molar-refractivity contribution in [3.63, 3.8) is 0 Å². The molecule has 21 heavy (non-hydrogen) atoms. The lowest BCUT2D eigenvalue weighted by molar-refractivity contribution is -0.384. The molecule has 0 unspecified atom stereocenters. The van der Waals surface area contributed by atoms with E-state index in [1.165, 1.54) is 12.1 Å². The number of hydrogen-bond acceptors (Lipinski definition) is 7. The van der Waals surface area contributed by atoms with Gasteiger partial charge in [0.25, 0.3) is 0 Å². The summed E-state index contributed by atoms with van der Waals surface area (Å²) in [5, 5.41) is 11.1. The molecule has 0 radical (unpaired) electrons. The Kier molecular flexibility index (Phi) is 4.53. The molecule has 0 saturated carbocycles. The molecule has 1 aromatic heterocycles. The van der Waals surface area contributed by atoms with Crippen LogP contribution in [0.25, 0.3) is 0 Å². The Bertz CT molecular complexity index is 542. The minimum Gasteiger partial charge on any atom is -0.370 e. The first-order valence-corrected chi connectivity index (χ1v) is 6.66. The average Bonchev–Trinajstić information content (AvgIpc) is 2.46. The molecule has 0 bridgehead atoms. The van der Waals surface area contributed by atoms with Crippen LogP contribution in [0.5, 0.6) is 0 Å². The number of anilines is 2. The highest BCUT2D eigenvalue weighted by Crippen LogP contribution is 2.31. The van der Waals surface area contributed by atoms with Gasteiger partial charge < -0.3 is 16.1 Å². The van der Waals surface area contributed by atoms with Crippen molar-refractivity contribution in [3.05, 3.63) is 22.2 Å². The van der Waals surface area contributed by atoms with Crippen LogP contribution in [-0.2, 0) is 4.79 Å². The Morgan fingerprint density at radius 3 is 2.67 bits per heavy atom. The van der Waals surface area contributed by atoms with Gasteiger partial charge in [-0.2, -0.15) is 0 Å². The predicted octanol–water partition coefficient (Wildman–Crippen LogP) is 0.367. The van der Waals surface area contributed by atoms with Crippen molar-refractivity contribution in [1.29, 1.82) is 0 Å². The monoisotopic (exact) mass is 294 g/mol. The number of pyridine rings is 1. The lowest BCUT2D eigenvalue weighted by Gasteiger charge is -2.32. The van der Waals surface area contributed by atoms with Gasteiger partial charge in [-0.3, -0.25) is 14.9 Å². The number of hydrazine groups is 1. The third kappa shape index (κ3) is 3.57. The van der Waals surface area contributed by atoms with Gasteiger partial charge in [-0.25, -0.2) is 10.8 Å². The summed E-state index contributed by atoms with van der Waals surface area (Å²) in [6.45, 7) is 1.19. The van der Waals surface area contributed by atoms with E-state index in [1.807, 2.05) is 4.90 Å². The second-order valence-electron chi connectivity index (χ2n) is 5.04. The number of aromatic nitrogens is 1. The highest BCUT2D eigenvalue weighted by molar-refractivity contribution is 5.74. The number of nitro groups is 1. The molecule has 5 N–H and O–H groups in total. The van der Waals surface area contributed by atoms with Gasteiger partial charge in [-0.15, -0.1) is 0 Å². The van der Waals surface area contributed by atoms with Gasteiger partial charge in [-0.1, -0.05) is 0 Å². The van der Waals surface area contributed by atoms with Crippen molar-refractivity contribution in [3.8, 4) is 0 Å². The third-order valence-corrected chi connectivity index (χ3v) is 3.60. The van der Waals surface area contributed by atoms with Crippen molar-refractivity contribution < 1.29 is 9.72 Å². The lowest BCUT2D eigenvalue weighted by Crippen LogP contribution is -2.36. The fraction of sp³-hybridized carbons (Fsp3) is 0.500. The Balaban J connectivity index is 2.15. The van der Waals surface area contributed by atoms with E-state index in [-0.39, 0.29) is 17.5 Å². The summed E-state index contributed by atoms with van der Waals surface area (Å²) in [4.78, 5) is 27.6. The van der Waals surface area contributed by atoms with E-state index in [0.717, 1.165) is 12.8 Å². The first kappa shape index (κ1) is 15.0. The van der Waals surface area contributed by atoms with E-state index in [2.05, 4.69) is 10.4 Å². The van der Waals surface area contributed by atoms with Crippen LogP contribution in [0.2, 0.25) is 0 Å². The van der Waals surface area contributed by atoms with Crippen molar-refractivity contribution in [2.24, 2.45) is 17.5 Å². The molecule has 1 fully saturated rings. The molecule has 1 aliphatic heterocycles. The van der Waals surface area contributed by atoms with Crippen LogP contribution in [0.15, 0.2) is 12.1 Å². The zero-order valence-electron chi connectivity index (χ0n) is 11.5. The van der Waals surface area contributed by atoms with Gasteiger partial charge in [0.15, 0.2) is 0 Å². The Labute approximate surface area is 121 Å². The summed E-state index contributed by atoms with van der Waals surface area (Å²) in [7, 11) is 0. The van der Waals surface area contributed by atoms with E-state index in [1.54, 1.807) is 0 Å². The average molecular weight is 294 g/mol. The van der Waals surface area contributed by atoms with Crippen molar-refractivity contribution in [2.75, 3.05) is 23.4 Å². The molecule has 2 rings (SSSR count). The topological polar surface area (TPSA) is 140 Å². The Morgan fingerprint density at radius 1 is 1.48 bits per heavy atom. The fourth-order valence-corrected chi connectivity index (χ4v) is 2.53. The number of primary amides is 1. The highest BCUT2D eigenvalue weighted by atomic mass is 16.6.